The number of hydrogen-bond acceptors (Lipinski definition) is 5. The van der Waals surface area contributed by atoms with Crippen molar-refractivity contribution in [1.82, 2.24) is 0 Å². The Hall–Kier alpha value is -3.22. The summed E-state index contributed by atoms with van der Waals surface area (Å²) < 4.78 is 58.4. The lowest BCUT2D eigenvalue weighted by Gasteiger charge is -2.10. The van der Waals surface area contributed by atoms with Crippen molar-refractivity contribution in [2.75, 3.05) is 5.43 Å². The summed E-state index contributed by atoms with van der Waals surface area (Å²) in [6.45, 7) is 0.0508. The van der Waals surface area contributed by atoms with E-state index in [1.807, 2.05) is 22.6 Å². The minimum Gasteiger partial charge on any atom is -0.488 e. The Morgan fingerprint density at radius 1 is 1.12 bits per heavy atom. The van der Waals surface area contributed by atoms with Crippen molar-refractivity contribution < 1.29 is 27.2 Å². The zero-order valence-corrected chi connectivity index (χ0v) is 18.2. The number of anilines is 1. The molecule has 3 rings (SSSR count). The summed E-state index contributed by atoms with van der Waals surface area (Å²) in [5, 5.41) is 15.0. The normalized spacial score (nSPS) is 11.5. The molecule has 1 N–H and O–H groups in total. The highest BCUT2D eigenvalue weighted by molar-refractivity contribution is 14.1. The molecule has 0 aliphatic carbocycles. The van der Waals surface area contributed by atoms with Crippen molar-refractivity contribution >= 4 is 40.2 Å². The van der Waals surface area contributed by atoms with E-state index in [1.54, 1.807) is 36.4 Å². The predicted octanol–water partition coefficient (Wildman–Crippen LogP) is 6.38. The van der Waals surface area contributed by atoms with E-state index in [0.29, 0.717) is 26.5 Å². The topological polar surface area (TPSA) is 76.8 Å². The van der Waals surface area contributed by atoms with Crippen molar-refractivity contribution in [2.24, 2.45) is 5.10 Å². The molecule has 0 aliphatic heterocycles. The third-order valence-corrected chi connectivity index (χ3v) is 5.06. The molecule has 0 bridgehead atoms. The van der Waals surface area contributed by atoms with Gasteiger partial charge in [0, 0.05) is 11.6 Å². The van der Waals surface area contributed by atoms with Crippen LogP contribution < -0.4 is 10.2 Å². The van der Waals surface area contributed by atoms with E-state index in [4.69, 9.17) is 4.74 Å². The Labute approximate surface area is 193 Å². The Morgan fingerprint density at radius 3 is 2.53 bits per heavy atom. The van der Waals surface area contributed by atoms with Crippen molar-refractivity contribution in [3.8, 4) is 5.75 Å². The lowest BCUT2D eigenvalue weighted by molar-refractivity contribution is -0.384. The Kier molecular flexibility index (Phi) is 7.28. The van der Waals surface area contributed by atoms with E-state index in [1.165, 1.54) is 12.3 Å². The van der Waals surface area contributed by atoms with Crippen LogP contribution in [0.1, 0.15) is 16.7 Å². The molecule has 32 heavy (non-hydrogen) atoms. The number of rotatable bonds is 7. The van der Waals surface area contributed by atoms with Gasteiger partial charge in [0.25, 0.3) is 5.69 Å². The van der Waals surface area contributed by atoms with Crippen molar-refractivity contribution in [3.63, 3.8) is 0 Å². The number of halogens is 5. The third kappa shape index (κ3) is 5.93. The first-order valence-corrected chi connectivity index (χ1v) is 10.0. The first kappa shape index (κ1) is 23.4. The molecule has 0 radical (unpaired) electrons. The molecule has 0 aromatic heterocycles. The number of ether oxygens (including phenoxy) is 1. The number of alkyl halides is 3. The van der Waals surface area contributed by atoms with Crippen LogP contribution in [0.2, 0.25) is 0 Å². The van der Waals surface area contributed by atoms with Gasteiger partial charge in [0.1, 0.15) is 23.9 Å². The fourth-order valence-corrected chi connectivity index (χ4v) is 3.31. The van der Waals surface area contributed by atoms with Crippen LogP contribution in [0.15, 0.2) is 65.8 Å². The largest absolute Gasteiger partial charge is 0.488 e. The molecule has 0 saturated carbocycles. The molecule has 6 nitrogen and oxygen atoms in total. The third-order valence-electron chi connectivity index (χ3n) is 4.22. The second-order valence-corrected chi connectivity index (χ2v) is 7.59. The first-order chi connectivity index (χ1) is 15.1. The number of nitro groups is 1. The van der Waals surface area contributed by atoms with Crippen LogP contribution in [0.5, 0.6) is 5.75 Å². The summed E-state index contributed by atoms with van der Waals surface area (Å²) in [6.07, 6.45) is -3.34. The minimum atomic E-state index is -4.70. The number of nitrogens with one attached hydrogen (secondary N) is 1. The SMILES string of the molecule is O=[N+]([O-])c1cc(C(F)(F)F)ccc1N/N=C\c1ccc(OCc2ccccc2F)c(I)c1. The lowest BCUT2D eigenvalue weighted by Crippen LogP contribution is -2.06. The van der Waals surface area contributed by atoms with Crippen molar-refractivity contribution in [1.29, 1.82) is 0 Å². The smallest absolute Gasteiger partial charge is 0.416 e. The molecule has 166 valence electrons. The molecular formula is C21H14F4IN3O3. The molecule has 11 heteroatoms. The van der Waals surface area contributed by atoms with Gasteiger partial charge in [-0.05, 0) is 64.6 Å². The minimum absolute atomic E-state index is 0.0508. The fourth-order valence-electron chi connectivity index (χ4n) is 2.62. The fraction of sp³-hybridized carbons (Fsp3) is 0.0952. The highest BCUT2D eigenvalue weighted by Crippen LogP contribution is 2.35. The van der Waals surface area contributed by atoms with E-state index >= 15 is 0 Å². The maximum absolute atomic E-state index is 13.7. The van der Waals surface area contributed by atoms with Gasteiger partial charge in [-0.25, -0.2) is 4.39 Å². The Morgan fingerprint density at radius 2 is 1.88 bits per heavy atom. The number of hydrazone groups is 1. The van der Waals surface area contributed by atoms with Crippen molar-refractivity contribution in [2.45, 2.75) is 12.8 Å². The number of nitrogens with zero attached hydrogens (tertiary/aromatic N) is 2. The van der Waals surface area contributed by atoms with Gasteiger partial charge in [-0.2, -0.15) is 18.3 Å². The monoisotopic (exact) mass is 559 g/mol. The summed E-state index contributed by atoms with van der Waals surface area (Å²) in [6, 6.07) is 13.4. The maximum Gasteiger partial charge on any atom is 0.416 e. The van der Waals surface area contributed by atoms with Crippen LogP contribution in [0.25, 0.3) is 0 Å². The van der Waals surface area contributed by atoms with Gasteiger partial charge in [0.2, 0.25) is 0 Å². The van der Waals surface area contributed by atoms with Crippen molar-refractivity contribution in [3.05, 3.63) is 96.9 Å². The van der Waals surface area contributed by atoms with Crippen LogP contribution in [0.3, 0.4) is 0 Å². The first-order valence-electron chi connectivity index (χ1n) is 8.95. The molecule has 0 fully saturated rings. The van der Waals surface area contributed by atoms with E-state index < -0.39 is 22.4 Å². The molecule has 0 saturated heterocycles. The van der Waals surface area contributed by atoms with Gasteiger partial charge in [-0.3, -0.25) is 15.5 Å². The van der Waals surface area contributed by atoms with E-state index in [0.717, 1.165) is 12.1 Å². The van der Waals surface area contributed by atoms with Crippen LogP contribution >= 0.6 is 22.6 Å². The zero-order chi connectivity index (χ0) is 23.3. The number of benzene rings is 3. The predicted molar refractivity (Wildman–Crippen MR) is 119 cm³/mol. The van der Waals surface area contributed by atoms with E-state index in [9.17, 15) is 27.7 Å². The van der Waals surface area contributed by atoms with Gasteiger partial charge in [-0.1, -0.05) is 18.2 Å². The van der Waals surface area contributed by atoms with Gasteiger partial charge in [0.05, 0.1) is 20.3 Å². The number of hydrogen-bond donors (Lipinski definition) is 1. The Balaban J connectivity index is 1.69. The van der Waals surface area contributed by atoms with Gasteiger partial charge < -0.3 is 4.74 Å². The highest BCUT2D eigenvalue weighted by Gasteiger charge is 2.33. The maximum atomic E-state index is 13.7. The molecule has 0 unspecified atom stereocenters. The average Bonchev–Trinajstić information content (AvgIpc) is 2.73. The Bertz CT molecular complexity index is 1170. The van der Waals surface area contributed by atoms with Crippen LogP contribution in [-0.4, -0.2) is 11.1 Å². The van der Waals surface area contributed by atoms with Crippen LogP contribution in [-0.2, 0) is 12.8 Å². The van der Waals surface area contributed by atoms with Gasteiger partial charge in [0.15, 0.2) is 0 Å². The van der Waals surface area contributed by atoms with Gasteiger partial charge >= 0.3 is 6.18 Å². The van der Waals surface area contributed by atoms with E-state index in [2.05, 4.69) is 10.5 Å². The second kappa shape index (κ2) is 9.94. The summed E-state index contributed by atoms with van der Waals surface area (Å²) >= 11 is 2.03. The molecule has 3 aromatic rings. The zero-order valence-electron chi connectivity index (χ0n) is 16.1. The summed E-state index contributed by atoms with van der Waals surface area (Å²) in [5.74, 6) is 0.159. The quantitative estimate of drug-likeness (QED) is 0.120. The molecule has 0 spiro atoms. The van der Waals surface area contributed by atoms with Crippen LogP contribution in [0.4, 0.5) is 28.9 Å². The standard InChI is InChI=1S/C21H14F4IN3O3/c22-16-4-2-1-3-14(16)12-32-20-8-5-13(9-17(20)26)11-27-28-18-7-6-15(21(23,24)25)10-19(18)29(30)31/h1-11,28H,12H2/b27-11-. The highest BCUT2D eigenvalue weighted by atomic mass is 127. The van der Waals surface area contributed by atoms with Crippen LogP contribution in [0, 0.1) is 19.5 Å². The number of nitro benzene ring substituents is 1. The van der Waals surface area contributed by atoms with Gasteiger partial charge in [-0.15, -0.1) is 0 Å². The molecule has 0 amide bonds. The molecule has 0 aliphatic rings. The lowest BCUT2D eigenvalue weighted by atomic mass is 10.1. The summed E-state index contributed by atoms with van der Waals surface area (Å²) in [7, 11) is 0. The van der Waals surface area contributed by atoms with E-state index in [-0.39, 0.29) is 18.1 Å². The molecule has 0 atom stereocenters. The molecule has 0 heterocycles. The average molecular weight is 559 g/mol. The summed E-state index contributed by atoms with van der Waals surface area (Å²) in [4.78, 5) is 10.2. The molecule has 3 aromatic carbocycles. The second-order valence-electron chi connectivity index (χ2n) is 6.43. The molecular weight excluding hydrogens is 545 g/mol. The summed E-state index contributed by atoms with van der Waals surface area (Å²) in [5.41, 5.74) is 1.36.